The molecule has 0 N–H and O–H groups in total. The van der Waals surface area contributed by atoms with E-state index in [1.54, 1.807) is 35.1 Å². The Balaban J connectivity index is 0.00000242. The van der Waals surface area contributed by atoms with Crippen LogP contribution < -0.4 is 0 Å². The van der Waals surface area contributed by atoms with Crippen LogP contribution in [0.1, 0.15) is 157 Å². The Kier molecular flexibility index (Phi) is 12.1. The van der Waals surface area contributed by atoms with Crippen molar-refractivity contribution in [2.24, 2.45) is 59.2 Å². The zero-order valence-corrected chi connectivity index (χ0v) is 45.3. The number of rotatable bonds is 10. The van der Waals surface area contributed by atoms with Crippen LogP contribution in [0, 0.1) is 59.2 Å². The molecule has 4 aromatic rings. The molecule has 0 aliphatic heterocycles. The van der Waals surface area contributed by atoms with Gasteiger partial charge in [-0.25, -0.2) is 0 Å². The summed E-state index contributed by atoms with van der Waals surface area (Å²) < 4.78 is 7.10. The molecule has 8 saturated carbocycles. The van der Waals surface area contributed by atoms with Gasteiger partial charge in [-0.15, -0.1) is 24.8 Å². The van der Waals surface area contributed by atoms with E-state index in [4.69, 9.17) is 0 Å². The minimum Gasteiger partial charge on any atom is -0.147 e. The number of allylic oxidation sites excluding steroid dienone is 2. The molecule has 64 heavy (non-hydrogen) atoms. The van der Waals surface area contributed by atoms with Crippen molar-refractivity contribution in [1.82, 2.24) is 0 Å². The molecule has 8 bridgehead atoms. The maximum Gasteiger partial charge on any atom is -0.147 e. The molecule has 2 unspecified atom stereocenters. The molecule has 0 heterocycles. The van der Waals surface area contributed by atoms with Crippen molar-refractivity contribution in [2.45, 2.75) is 133 Å². The minimum absolute atomic E-state index is 0. The number of fused-ring (bicyclic) bond motifs is 2. The van der Waals surface area contributed by atoms with Gasteiger partial charge in [0, 0.05) is 0 Å². The van der Waals surface area contributed by atoms with Gasteiger partial charge >= 0.3 is 380 Å². The second-order valence-corrected chi connectivity index (χ2v) is 55.5. The van der Waals surface area contributed by atoms with E-state index in [-0.39, 0.29) is 24.8 Å². The largest absolute Gasteiger partial charge is 0.147 e. The third-order valence-corrected chi connectivity index (χ3v) is 37.3. The Labute approximate surface area is 402 Å². The second kappa shape index (κ2) is 16.9. The van der Waals surface area contributed by atoms with Crippen LogP contribution in [0.25, 0.3) is 34.4 Å². The predicted octanol–water partition coefficient (Wildman–Crippen LogP) is 16.9. The van der Waals surface area contributed by atoms with Crippen molar-refractivity contribution in [3.8, 4) is 22.3 Å². The van der Waals surface area contributed by atoms with E-state index in [0.717, 1.165) is 59.2 Å². The molecule has 0 nitrogen and oxygen atoms in total. The molecule has 10 aliphatic rings. The van der Waals surface area contributed by atoms with E-state index in [9.17, 15) is 0 Å². The molecular weight excluding hydrogens is 911 g/mol. The summed E-state index contributed by atoms with van der Waals surface area (Å²) in [7, 11) is 0. The van der Waals surface area contributed by atoms with Crippen molar-refractivity contribution in [3.63, 3.8) is 0 Å². The molecule has 0 saturated heterocycles. The monoisotopic (exact) mass is 984 g/mol. The van der Waals surface area contributed by atoms with E-state index in [2.05, 4.69) is 141 Å². The third-order valence-electron chi connectivity index (χ3n) is 19.8. The fourth-order valence-electron chi connectivity index (χ4n) is 17.6. The van der Waals surface area contributed by atoms with Gasteiger partial charge in [-0.3, -0.25) is 0 Å². The minimum atomic E-state index is -3.96. The molecule has 4 heteroatoms. The zero-order valence-electron chi connectivity index (χ0n) is 39.8. The molecule has 14 rings (SSSR count). The molecule has 8 fully saturated rings. The molecule has 0 radical (unpaired) electrons. The average molecular weight is 987 g/mol. The standard InChI is InChI=1S/2C29H33.2CH3.2ClH.H2Si.Zr/c2*1-18(2)22-6-8-23(9-7-22)27-5-3-4-24-11-21(17-29(24)27)16-28-25-12-19-10-20(14-25)15-26(28)13-19;;;;;;/h2*3-9,11,17-20,25-26,28H,10,12-16H2,1-2H3;2*1H3;2*1H;1H2;. The van der Waals surface area contributed by atoms with Gasteiger partial charge in [-0.1, -0.05) is 0 Å². The molecular formula is C60H76Cl2SiZr. The van der Waals surface area contributed by atoms with Crippen LogP contribution in [0.15, 0.2) is 96.1 Å². The number of benzene rings is 4. The van der Waals surface area contributed by atoms with Crippen LogP contribution in [0.2, 0.25) is 9.26 Å². The van der Waals surface area contributed by atoms with Crippen LogP contribution in [-0.4, -0.2) is 6.88 Å². The topological polar surface area (TPSA) is 0 Å². The Morgan fingerprint density at radius 3 is 1.11 bits per heavy atom. The van der Waals surface area contributed by atoms with Crippen LogP contribution in [0.5, 0.6) is 0 Å². The van der Waals surface area contributed by atoms with Crippen LogP contribution in [0.4, 0.5) is 0 Å². The van der Waals surface area contributed by atoms with Crippen molar-refractivity contribution < 1.29 is 17.4 Å². The maximum atomic E-state index is 2.98. The Hall–Kier alpha value is -1.96. The van der Waals surface area contributed by atoms with Crippen molar-refractivity contribution >= 4 is 43.8 Å². The van der Waals surface area contributed by atoms with Crippen LogP contribution >= 0.6 is 24.8 Å². The maximum absolute atomic E-state index is 3.96. The van der Waals surface area contributed by atoms with E-state index < -0.39 is 17.4 Å². The molecule has 2 atom stereocenters. The number of hydrogen-bond acceptors (Lipinski definition) is 0. The normalized spacial score (nSPS) is 32.9. The number of hydrogen-bond donors (Lipinski definition) is 0. The number of halogens is 2. The quantitative estimate of drug-likeness (QED) is 0.139. The molecule has 10 aliphatic carbocycles. The first-order chi connectivity index (χ1) is 29.8. The van der Waals surface area contributed by atoms with Crippen molar-refractivity contribution in [1.29, 1.82) is 0 Å². The zero-order chi connectivity index (χ0) is 42.3. The predicted molar refractivity (Wildman–Crippen MR) is 278 cm³/mol. The summed E-state index contributed by atoms with van der Waals surface area (Å²) in [4.78, 5) is 0. The molecule has 4 aromatic carbocycles. The molecule has 0 aromatic heterocycles. The van der Waals surface area contributed by atoms with Crippen LogP contribution in [-0.2, 0) is 17.4 Å². The summed E-state index contributed by atoms with van der Waals surface area (Å²) >= 11 is -3.96. The summed E-state index contributed by atoms with van der Waals surface area (Å²) in [5.41, 5.74) is 18.9. The van der Waals surface area contributed by atoms with Gasteiger partial charge < -0.3 is 0 Å². The summed E-state index contributed by atoms with van der Waals surface area (Å²) in [5, 5.41) is 0. The van der Waals surface area contributed by atoms with Gasteiger partial charge in [0.15, 0.2) is 0 Å². The van der Waals surface area contributed by atoms with E-state index in [0.29, 0.717) is 19.1 Å². The Morgan fingerprint density at radius 1 is 0.469 bits per heavy atom. The molecule has 0 spiro atoms. The van der Waals surface area contributed by atoms with Gasteiger partial charge in [-0.05, 0) is 0 Å². The summed E-state index contributed by atoms with van der Waals surface area (Å²) in [6.45, 7) is 11.9. The van der Waals surface area contributed by atoms with Crippen molar-refractivity contribution in [3.05, 3.63) is 129 Å². The van der Waals surface area contributed by atoms with Gasteiger partial charge in [0.25, 0.3) is 0 Å². The molecule has 338 valence electrons. The Morgan fingerprint density at radius 2 is 0.797 bits per heavy atom. The smallest absolute Gasteiger partial charge is 0.147 e. The van der Waals surface area contributed by atoms with E-state index in [1.807, 2.05) is 11.1 Å². The molecule has 0 amide bonds. The van der Waals surface area contributed by atoms with Crippen LogP contribution in [0.3, 0.4) is 0 Å². The average Bonchev–Trinajstić information content (AvgIpc) is 3.83. The summed E-state index contributed by atoms with van der Waals surface area (Å²) in [6, 6.07) is 34.5. The fourth-order valence-corrected chi connectivity index (χ4v) is 37.3. The first-order valence-electron chi connectivity index (χ1n) is 25.8. The van der Waals surface area contributed by atoms with E-state index >= 15 is 0 Å². The second-order valence-electron chi connectivity index (χ2n) is 25.0. The Bertz CT molecular complexity index is 2320. The summed E-state index contributed by atoms with van der Waals surface area (Å²) in [5.74, 6) is 10.8. The van der Waals surface area contributed by atoms with E-state index in [1.165, 1.54) is 97.6 Å². The first-order valence-corrected chi connectivity index (χ1v) is 39.5. The summed E-state index contributed by atoms with van der Waals surface area (Å²) in [6.07, 6.45) is 23.6. The van der Waals surface area contributed by atoms with Crippen molar-refractivity contribution in [2.75, 3.05) is 0 Å². The SMILES string of the molecule is CC(C)c1ccc(-c2cccc3c2C=C(CC2C4CC5CC(C4)CC2C5)[CH]3[Zr]([CH3])([CH3])(=[SiH2])[CH]2C(CC3C4CC5CC(C4)CC3C5)=Cc3c(-c4ccc(C(C)C)cc4)cccc32)cc1.Cl.Cl. The third kappa shape index (κ3) is 7.59. The first kappa shape index (κ1) is 45.8. The van der Waals surface area contributed by atoms with Gasteiger partial charge in [0.05, 0.1) is 0 Å². The fraction of sp³-hybridized carbons (Fsp3) is 0.533. The van der Waals surface area contributed by atoms with Gasteiger partial charge in [0.2, 0.25) is 0 Å². The van der Waals surface area contributed by atoms with Gasteiger partial charge in [0.1, 0.15) is 0 Å². The van der Waals surface area contributed by atoms with Gasteiger partial charge in [-0.2, -0.15) is 0 Å².